The Kier molecular flexibility index (Phi) is 8.12. The minimum atomic E-state index is -1.29. The van der Waals surface area contributed by atoms with Crippen LogP contribution in [0.2, 0.25) is 0 Å². The number of amides is 1. The molecule has 0 spiro atoms. The van der Waals surface area contributed by atoms with Crippen molar-refractivity contribution in [1.82, 2.24) is 5.32 Å². The predicted octanol–water partition coefficient (Wildman–Crippen LogP) is 1.25. The van der Waals surface area contributed by atoms with Crippen LogP contribution in [0.5, 0.6) is 0 Å². The Hall–Kier alpha value is -1.50. The quantitative estimate of drug-likeness (QED) is 0.700. The van der Waals surface area contributed by atoms with Crippen molar-refractivity contribution in [3.63, 3.8) is 0 Å². The molecule has 0 aliphatic carbocycles. The maximum Gasteiger partial charge on any atom is 0.408 e. The van der Waals surface area contributed by atoms with Crippen molar-refractivity contribution >= 4 is 30.4 Å². The van der Waals surface area contributed by atoms with Crippen molar-refractivity contribution in [2.45, 2.75) is 45.3 Å². The van der Waals surface area contributed by atoms with Gasteiger partial charge in [0.05, 0.1) is 0 Å². The number of aliphatic carboxylic acids is 2. The zero-order chi connectivity index (χ0) is 13.6. The van der Waals surface area contributed by atoms with Crippen LogP contribution in [0.25, 0.3) is 0 Å². The summed E-state index contributed by atoms with van der Waals surface area (Å²) in [7, 11) is 0. The molecule has 0 aromatic carbocycles. The van der Waals surface area contributed by atoms with Crippen LogP contribution in [0.3, 0.4) is 0 Å². The molecule has 7 nitrogen and oxygen atoms in total. The van der Waals surface area contributed by atoms with Gasteiger partial charge >= 0.3 is 18.0 Å². The van der Waals surface area contributed by atoms with E-state index in [2.05, 4.69) is 5.32 Å². The van der Waals surface area contributed by atoms with E-state index >= 15 is 0 Å². The zero-order valence-electron chi connectivity index (χ0n) is 10.4. The largest absolute Gasteiger partial charge is 0.481 e. The third-order valence-electron chi connectivity index (χ3n) is 1.64. The van der Waals surface area contributed by atoms with Crippen LogP contribution in [-0.2, 0) is 14.3 Å². The molecule has 18 heavy (non-hydrogen) atoms. The summed E-state index contributed by atoms with van der Waals surface area (Å²) < 4.78 is 4.86. The van der Waals surface area contributed by atoms with E-state index in [4.69, 9.17) is 14.9 Å². The van der Waals surface area contributed by atoms with Crippen LogP contribution >= 0.6 is 12.4 Å². The first-order chi connectivity index (χ1) is 7.61. The van der Waals surface area contributed by atoms with Crippen molar-refractivity contribution in [3.05, 3.63) is 0 Å². The first-order valence-corrected chi connectivity index (χ1v) is 5.06. The summed E-state index contributed by atoms with van der Waals surface area (Å²) in [6, 6.07) is -1.26. The van der Waals surface area contributed by atoms with Gasteiger partial charge in [0.25, 0.3) is 0 Å². The number of alkyl carbamates (subject to hydrolysis) is 1. The number of halogens is 1. The average Bonchev–Trinajstić information content (AvgIpc) is 2.08. The number of carbonyl (C=O) groups excluding carboxylic acids is 1. The van der Waals surface area contributed by atoms with Gasteiger partial charge in [-0.2, -0.15) is 0 Å². The second-order valence-corrected chi connectivity index (χ2v) is 4.47. The topological polar surface area (TPSA) is 113 Å². The van der Waals surface area contributed by atoms with Crippen LogP contribution < -0.4 is 5.32 Å². The molecule has 0 saturated heterocycles. The highest BCUT2D eigenvalue weighted by molar-refractivity contribution is 5.85. The molecule has 1 amide bonds. The van der Waals surface area contributed by atoms with E-state index < -0.39 is 29.7 Å². The van der Waals surface area contributed by atoms with Gasteiger partial charge in [0.2, 0.25) is 0 Å². The fourth-order valence-corrected chi connectivity index (χ4v) is 0.975. The number of hydrogen-bond acceptors (Lipinski definition) is 4. The number of hydrogen-bond donors (Lipinski definition) is 3. The fraction of sp³-hybridized carbons (Fsp3) is 0.700. The molecular formula is C10H18ClNO6. The Morgan fingerprint density at radius 3 is 2.06 bits per heavy atom. The maximum atomic E-state index is 11.3. The molecule has 1 atom stereocenters. The second kappa shape index (κ2) is 7.75. The summed E-state index contributed by atoms with van der Waals surface area (Å²) in [5.41, 5.74) is -0.736. The molecule has 0 aliphatic rings. The van der Waals surface area contributed by atoms with Crippen molar-refractivity contribution in [1.29, 1.82) is 0 Å². The monoisotopic (exact) mass is 283 g/mol. The van der Waals surface area contributed by atoms with Crippen LogP contribution in [0.15, 0.2) is 0 Å². The zero-order valence-corrected chi connectivity index (χ0v) is 11.2. The van der Waals surface area contributed by atoms with Gasteiger partial charge in [-0.1, -0.05) is 0 Å². The van der Waals surface area contributed by atoms with Gasteiger partial charge in [0, 0.05) is 6.42 Å². The molecule has 8 heteroatoms. The van der Waals surface area contributed by atoms with Gasteiger partial charge in [-0.25, -0.2) is 9.59 Å². The lowest BCUT2D eigenvalue weighted by Gasteiger charge is -2.21. The van der Waals surface area contributed by atoms with Gasteiger partial charge in [0.15, 0.2) is 0 Å². The Morgan fingerprint density at radius 1 is 1.22 bits per heavy atom. The Morgan fingerprint density at radius 2 is 1.72 bits per heavy atom. The fourth-order valence-electron chi connectivity index (χ4n) is 0.975. The summed E-state index contributed by atoms with van der Waals surface area (Å²) in [5.74, 6) is -2.42. The summed E-state index contributed by atoms with van der Waals surface area (Å²) in [4.78, 5) is 32.3. The van der Waals surface area contributed by atoms with E-state index in [1.54, 1.807) is 20.8 Å². The molecule has 0 heterocycles. The number of carbonyl (C=O) groups is 3. The van der Waals surface area contributed by atoms with Crippen molar-refractivity contribution in [2.24, 2.45) is 0 Å². The number of ether oxygens (including phenoxy) is 1. The molecular weight excluding hydrogens is 266 g/mol. The van der Waals surface area contributed by atoms with E-state index in [0.29, 0.717) is 0 Å². The lowest BCUT2D eigenvalue weighted by Crippen LogP contribution is -2.43. The van der Waals surface area contributed by atoms with E-state index in [0.717, 1.165) is 0 Å². The Balaban J connectivity index is 0. The predicted molar refractivity (Wildman–Crippen MR) is 64.9 cm³/mol. The number of carboxylic acid groups (broad SMARTS) is 2. The molecule has 3 N–H and O–H groups in total. The maximum absolute atomic E-state index is 11.3. The lowest BCUT2D eigenvalue weighted by atomic mass is 10.1. The molecule has 0 aromatic rings. The van der Waals surface area contributed by atoms with Crippen molar-refractivity contribution in [2.75, 3.05) is 0 Å². The van der Waals surface area contributed by atoms with Crippen molar-refractivity contribution in [3.8, 4) is 0 Å². The molecule has 106 valence electrons. The highest BCUT2D eigenvalue weighted by Gasteiger charge is 2.24. The molecule has 0 unspecified atom stereocenters. The normalized spacial score (nSPS) is 11.9. The minimum absolute atomic E-state index is 0. The van der Waals surface area contributed by atoms with Crippen LogP contribution in [0.1, 0.15) is 33.6 Å². The summed E-state index contributed by atoms with van der Waals surface area (Å²) >= 11 is 0. The van der Waals surface area contributed by atoms with Crippen LogP contribution in [-0.4, -0.2) is 39.9 Å². The number of nitrogens with one attached hydrogen (secondary N) is 1. The first kappa shape index (κ1) is 18.9. The summed E-state index contributed by atoms with van der Waals surface area (Å²) in [6.07, 6.45) is -1.41. The van der Waals surface area contributed by atoms with Crippen LogP contribution in [0, 0.1) is 0 Å². The molecule has 0 saturated carbocycles. The van der Waals surface area contributed by atoms with Gasteiger partial charge < -0.3 is 20.3 Å². The number of carboxylic acids is 2. The molecule has 0 fully saturated rings. The van der Waals surface area contributed by atoms with Gasteiger partial charge in [-0.05, 0) is 27.2 Å². The van der Waals surface area contributed by atoms with Gasteiger partial charge in [-0.15, -0.1) is 12.4 Å². The molecule has 0 bridgehead atoms. The standard InChI is InChI=1S/C10H17NO6.ClH/c1-10(2,3)17-9(16)11-6(8(14)15)4-5-7(12)13;/h6H,4-5H2,1-3H3,(H,11,16)(H,12,13)(H,14,15);1H/t6-;/m0./s1. The minimum Gasteiger partial charge on any atom is -0.481 e. The van der Waals surface area contributed by atoms with Gasteiger partial charge in [-0.3, -0.25) is 4.79 Å². The third-order valence-corrected chi connectivity index (χ3v) is 1.64. The van der Waals surface area contributed by atoms with Crippen molar-refractivity contribution < 1.29 is 29.3 Å². The highest BCUT2D eigenvalue weighted by Crippen LogP contribution is 2.07. The number of rotatable bonds is 5. The molecule has 0 rings (SSSR count). The van der Waals surface area contributed by atoms with Crippen LogP contribution in [0.4, 0.5) is 4.79 Å². The molecule has 0 aliphatic heterocycles. The lowest BCUT2D eigenvalue weighted by molar-refractivity contribution is -0.140. The van der Waals surface area contributed by atoms with E-state index in [1.165, 1.54) is 0 Å². The molecule has 0 aromatic heterocycles. The summed E-state index contributed by atoms with van der Waals surface area (Å²) in [5, 5.41) is 19.3. The Labute approximate surface area is 111 Å². The first-order valence-electron chi connectivity index (χ1n) is 5.06. The average molecular weight is 284 g/mol. The SMILES string of the molecule is CC(C)(C)OC(=O)N[C@@H](CCC(=O)O)C(=O)O.Cl. The second-order valence-electron chi connectivity index (χ2n) is 4.47. The smallest absolute Gasteiger partial charge is 0.408 e. The van der Waals surface area contributed by atoms with E-state index in [1.807, 2.05) is 0 Å². The van der Waals surface area contributed by atoms with E-state index in [9.17, 15) is 14.4 Å². The Bertz CT molecular complexity index is 312. The molecule has 0 radical (unpaired) electrons. The van der Waals surface area contributed by atoms with Gasteiger partial charge in [0.1, 0.15) is 11.6 Å². The third kappa shape index (κ3) is 9.71. The van der Waals surface area contributed by atoms with E-state index in [-0.39, 0.29) is 25.2 Å². The highest BCUT2D eigenvalue weighted by atomic mass is 35.5. The summed E-state index contributed by atoms with van der Waals surface area (Å²) in [6.45, 7) is 4.92.